The molecule has 2 heterocycles. The molecular weight excluding hydrogens is 333 g/mol. The highest BCUT2D eigenvalue weighted by Gasteiger charge is 2.45. The molecule has 0 N–H and O–H groups in total. The fraction of sp³-hybridized carbons (Fsp3) is 0.611. The van der Waals surface area contributed by atoms with Crippen LogP contribution in [0.5, 0.6) is 0 Å². The molecule has 2 aliphatic heterocycles. The van der Waals surface area contributed by atoms with E-state index in [2.05, 4.69) is 0 Å². The summed E-state index contributed by atoms with van der Waals surface area (Å²) in [5.41, 5.74) is -0.00693. The molecule has 6 heteroatoms. The zero-order valence-corrected chi connectivity index (χ0v) is 14.7. The summed E-state index contributed by atoms with van der Waals surface area (Å²) in [6.45, 7) is 1.95. The van der Waals surface area contributed by atoms with Gasteiger partial charge in [-0.2, -0.15) is 0 Å². The summed E-state index contributed by atoms with van der Waals surface area (Å²) in [4.78, 5) is 14.3. The molecule has 132 valence electrons. The molecule has 2 fully saturated rings. The molecule has 1 amide bonds. The molecule has 0 bridgehead atoms. The molecule has 2 saturated heterocycles. The summed E-state index contributed by atoms with van der Waals surface area (Å²) in [6.07, 6.45) is 3.59. The average Bonchev–Trinajstić information content (AvgIpc) is 2.59. The van der Waals surface area contributed by atoms with Crippen molar-refractivity contribution in [3.8, 4) is 0 Å². The van der Waals surface area contributed by atoms with Crippen LogP contribution in [0.3, 0.4) is 0 Å². The third kappa shape index (κ3) is 3.44. The number of carbonyl (C=O) groups is 1. The minimum Gasteiger partial charge on any atom is -0.378 e. The first-order valence-electron chi connectivity index (χ1n) is 8.43. The van der Waals surface area contributed by atoms with E-state index >= 15 is 0 Å². The van der Waals surface area contributed by atoms with Crippen LogP contribution in [0.4, 0.5) is 4.39 Å². The van der Waals surface area contributed by atoms with Gasteiger partial charge in [0.25, 0.3) is 0 Å². The Hall–Kier alpha value is -1.17. The van der Waals surface area contributed by atoms with Crippen molar-refractivity contribution in [2.75, 3.05) is 26.8 Å². The molecule has 0 unspecified atom stereocenters. The predicted molar refractivity (Wildman–Crippen MR) is 89.6 cm³/mol. The summed E-state index contributed by atoms with van der Waals surface area (Å²) in [5.74, 6) is -0.527. The van der Waals surface area contributed by atoms with Crippen molar-refractivity contribution >= 4 is 17.5 Å². The Morgan fingerprint density at radius 1 is 1.46 bits per heavy atom. The Morgan fingerprint density at radius 3 is 2.88 bits per heavy atom. The summed E-state index contributed by atoms with van der Waals surface area (Å²) in [6, 6.07) is 4.48. The number of ether oxygens (including phenoxy) is 2. The summed E-state index contributed by atoms with van der Waals surface area (Å²) < 4.78 is 25.5. The number of amides is 1. The number of hydrogen-bond donors (Lipinski definition) is 0. The lowest BCUT2D eigenvalue weighted by molar-refractivity contribution is -0.188. The van der Waals surface area contributed by atoms with E-state index in [9.17, 15) is 9.18 Å². The zero-order valence-electron chi connectivity index (χ0n) is 13.9. The Kier molecular flexibility index (Phi) is 5.42. The van der Waals surface area contributed by atoms with Crippen LogP contribution < -0.4 is 0 Å². The van der Waals surface area contributed by atoms with E-state index in [1.54, 1.807) is 24.1 Å². The highest BCUT2D eigenvalue weighted by molar-refractivity contribution is 6.31. The lowest BCUT2D eigenvalue weighted by atomic mass is 9.81. The first kappa shape index (κ1) is 17.6. The van der Waals surface area contributed by atoms with Crippen molar-refractivity contribution in [3.63, 3.8) is 0 Å². The second kappa shape index (κ2) is 7.38. The fourth-order valence-electron chi connectivity index (χ4n) is 3.80. The van der Waals surface area contributed by atoms with Gasteiger partial charge in [0, 0.05) is 37.4 Å². The van der Waals surface area contributed by atoms with Crippen molar-refractivity contribution in [1.82, 2.24) is 4.90 Å². The summed E-state index contributed by atoms with van der Waals surface area (Å²) in [7, 11) is 1.72. The van der Waals surface area contributed by atoms with Crippen LogP contribution in [0.25, 0.3) is 0 Å². The molecule has 0 radical (unpaired) electrons. The van der Waals surface area contributed by atoms with Crippen molar-refractivity contribution in [2.24, 2.45) is 0 Å². The number of nitrogens with zero attached hydrogens (tertiary/aromatic N) is 1. The maximum atomic E-state index is 13.9. The van der Waals surface area contributed by atoms with E-state index in [0.717, 1.165) is 32.3 Å². The first-order chi connectivity index (χ1) is 11.6. The van der Waals surface area contributed by atoms with Crippen molar-refractivity contribution in [3.05, 3.63) is 34.6 Å². The minimum atomic E-state index is -0.431. The second-order valence-electron chi connectivity index (χ2n) is 6.54. The van der Waals surface area contributed by atoms with Crippen LogP contribution in [0.2, 0.25) is 5.02 Å². The number of halogens is 2. The maximum absolute atomic E-state index is 13.9. The van der Waals surface area contributed by atoms with Crippen LogP contribution in [-0.2, 0) is 20.7 Å². The highest BCUT2D eigenvalue weighted by atomic mass is 35.5. The van der Waals surface area contributed by atoms with Gasteiger partial charge >= 0.3 is 0 Å². The first-order valence-corrected chi connectivity index (χ1v) is 8.81. The molecule has 24 heavy (non-hydrogen) atoms. The molecule has 4 nitrogen and oxygen atoms in total. The van der Waals surface area contributed by atoms with Gasteiger partial charge in [0.2, 0.25) is 5.91 Å². The van der Waals surface area contributed by atoms with Crippen LogP contribution in [-0.4, -0.2) is 49.3 Å². The molecule has 0 aromatic heterocycles. The Morgan fingerprint density at radius 2 is 2.21 bits per heavy atom. The molecule has 0 saturated carbocycles. The van der Waals surface area contributed by atoms with E-state index in [1.165, 1.54) is 6.07 Å². The fourth-order valence-corrected chi connectivity index (χ4v) is 4.03. The summed E-state index contributed by atoms with van der Waals surface area (Å²) in [5, 5.41) is 0.298. The average molecular weight is 356 g/mol. The lowest BCUT2D eigenvalue weighted by Gasteiger charge is -2.48. The number of rotatable bonds is 3. The number of piperidine rings is 1. The van der Waals surface area contributed by atoms with Gasteiger partial charge in [-0.1, -0.05) is 17.7 Å². The number of likely N-dealkylation sites (tertiary alicyclic amines) is 1. The number of hydrogen-bond acceptors (Lipinski definition) is 3. The number of carbonyl (C=O) groups excluding carboxylic acids is 1. The van der Waals surface area contributed by atoms with Crippen LogP contribution in [0, 0.1) is 5.82 Å². The Bertz CT molecular complexity index is 582. The van der Waals surface area contributed by atoms with Gasteiger partial charge in [0.05, 0.1) is 18.1 Å². The van der Waals surface area contributed by atoms with E-state index < -0.39 is 5.82 Å². The topological polar surface area (TPSA) is 38.8 Å². The van der Waals surface area contributed by atoms with Gasteiger partial charge in [-0.05, 0) is 37.8 Å². The summed E-state index contributed by atoms with van der Waals surface area (Å²) >= 11 is 6.02. The molecule has 3 rings (SSSR count). The minimum absolute atomic E-state index is 0.00687. The van der Waals surface area contributed by atoms with E-state index in [0.29, 0.717) is 18.1 Å². The van der Waals surface area contributed by atoms with Gasteiger partial charge in [-0.3, -0.25) is 4.79 Å². The highest BCUT2D eigenvalue weighted by Crippen LogP contribution is 2.37. The van der Waals surface area contributed by atoms with Crippen LogP contribution in [0.15, 0.2) is 18.2 Å². The molecular formula is C18H23ClFNO3. The molecule has 1 aromatic carbocycles. The third-order valence-electron chi connectivity index (χ3n) is 5.22. The lowest BCUT2D eigenvalue weighted by Crippen LogP contribution is -2.56. The van der Waals surface area contributed by atoms with E-state index in [4.69, 9.17) is 21.1 Å². The van der Waals surface area contributed by atoms with Crippen molar-refractivity contribution in [1.29, 1.82) is 0 Å². The zero-order chi connectivity index (χ0) is 17.2. The SMILES string of the molecule is CO[C@@H]1CCCOC12CCN(C(=O)Cc1c(F)cccc1Cl)CC2. The smallest absolute Gasteiger partial charge is 0.227 e. The second-order valence-corrected chi connectivity index (χ2v) is 6.94. The van der Waals surface area contributed by atoms with E-state index in [1.807, 2.05) is 0 Å². The van der Waals surface area contributed by atoms with Crippen molar-refractivity contribution in [2.45, 2.75) is 43.8 Å². The largest absolute Gasteiger partial charge is 0.378 e. The number of benzene rings is 1. The quantitative estimate of drug-likeness (QED) is 0.835. The standard InChI is InChI=1S/C18H23ClFNO3/c1-23-16-6-3-11-24-18(16)7-9-21(10-8-18)17(22)12-13-14(19)4-2-5-15(13)20/h2,4-5,16H,3,6-12H2,1H3/t16-/m1/s1. The number of methoxy groups -OCH3 is 1. The van der Waals surface area contributed by atoms with E-state index in [-0.39, 0.29) is 29.6 Å². The Balaban J connectivity index is 1.63. The predicted octanol–water partition coefficient (Wildman–Crippen LogP) is 3.21. The van der Waals surface area contributed by atoms with Gasteiger partial charge in [-0.15, -0.1) is 0 Å². The maximum Gasteiger partial charge on any atom is 0.227 e. The molecule has 1 spiro atoms. The van der Waals surface area contributed by atoms with Crippen molar-refractivity contribution < 1.29 is 18.7 Å². The van der Waals surface area contributed by atoms with Gasteiger partial charge in [0.1, 0.15) is 5.82 Å². The van der Waals surface area contributed by atoms with Gasteiger partial charge in [0.15, 0.2) is 0 Å². The Labute approximate surface area is 146 Å². The monoisotopic (exact) mass is 355 g/mol. The van der Waals surface area contributed by atoms with Gasteiger partial charge < -0.3 is 14.4 Å². The molecule has 2 aliphatic rings. The molecule has 1 aromatic rings. The molecule has 0 aliphatic carbocycles. The normalized spacial score (nSPS) is 23.5. The van der Waals surface area contributed by atoms with Crippen LogP contribution >= 0.6 is 11.6 Å². The molecule has 1 atom stereocenters. The van der Waals surface area contributed by atoms with Gasteiger partial charge in [-0.25, -0.2) is 4.39 Å². The third-order valence-corrected chi connectivity index (χ3v) is 5.58. The van der Waals surface area contributed by atoms with Crippen LogP contribution in [0.1, 0.15) is 31.2 Å².